The van der Waals surface area contributed by atoms with Crippen LogP contribution < -0.4 is 0 Å². The van der Waals surface area contributed by atoms with Crippen LogP contribution in [0, 0.1) is 5.82 Å². The molecule has 0 saturated carbocycles. The molecule has 0 spiro atoms. The highest BCUT2D eigenvalue weighted by Gasteiger charge is 2.18. The topological polar surface area (TPSA) is 30.7 Å². The summed E-state index contributed by atoms with van der Waals surface area (Å²) in [5.74, 6) is -0.107. The van der Waals surface area contributed by atoms with Crippen LogP contribution in [-0.4, -0.2) is 14.8 Å². The lowest BCUT2D eigenvalue weighted by Crippen LogP contribution is -2.01. The van der Waals surface area contributed by atoms with E-state index in [1.165, 1.54) is 10.6 Å². The Kier molecular flexibility index (Phi) is 3.42. The quantitative estimate of drug-likeness (QED) is 0.703. The van der Waals surface area contributed by atoms with Crippen LogP contribution in [0.15, 0.2) is 48.5 Å². The molecule has 0 aliphatic heterocycles. The minimum absolute atomic E-state index is 0.0197. The zero-order valence-electron chi connectivity index (χ0n) is 10.1. The highest BCUT2D eigenvalue weighted by Crippen LogP contribution is 2.28. The number of benzene rings is 2. The summed E-state index contributed by atoms with van der Waals surface area (Å²) >= 11 is 11.8. The lowest BCUT2D eigenvalue weighted by Gasteiger charge is -2.09. The van der Waals surface area contributed by atoms with E-state index in [9.17, 15) is 4.39 Å². The van der Waals surface area contributed by atoms with Gasteiger partial charge in [0, 0.05) is 5.56 Å². The lowest BCUT2D eigenvalue weighted by molar-refractivity contribution is 0.619. The van der Waals surface area contributed by atoms with Crippen LogP contribution in [0.5, 0.6) is 0 Å². The Balaban J connectivity index is 2.25. The molecule has 0 unspecified atom stereocenters. The van der Waals surface area contributed by atoms with E-state index in [4.69, 9.17) is 23.2 Å². The minimum atomic E-state index is -0.562. The van der Waals surface area contributed by atoms with Crippen LogP contribution >= 0.6 is 23.2 Å². The van der Waals surface area contributed by atoms with Gasteiger partial charge in [-0.25, -0.2) is 4.39 Å². The van der Waals surface area contributed by atoms with Gasteiger partial charge in [-0.3, -0.25) is 4.57 Å². The molecule has 100 valence electrons. The first-order chi connectivity index (χ1) is 9.68. The summed E-state index contributed by atoms with van der Waals surface area (Å²) in [6.07, 6.45) is 0. The largest absolute Gasteiger partial charge is 0.263 e. The van der Waals surface area contributed by atoms with Gasteiger partial charge in [0.25, 0.3) is 0 Å². The number of hydrogen-bond acceptors (Lipinski definition) is 2. The first kappa shape index (κ1) is 13.1. The van der Waals surface area contributed by atoms with Crippen molar-refractivity contribution < 1.29 is 4.39 Å². The number of rotatable bonds is 2. The number of nitrogens with zero attached hydrogens (tertiary/aromatic N) is 3. The average molecular weight is 308 g/mol. The first-order valence-corrected chi connectivity index (χ1v) is 6.55. The van der Waals surface area contributed by atoms with Gasteiger partial charge in [-0.2, -0.15) is 0 Å². The molecule has 0 amide bonds. The van der Waals surface area contributed by atoms with E-state index in [-0.39, 0.29) is 16.0 Å². The van der Waals surface area contributed by atoms with Gasteiger partial charge in [0.05, 0.1) is 10.7 Å². The van der Waals surface area contributed by atoms with Gasteiger partial charge < -0.3 is 0 Å². The van der Waals surface area contributed by atoms with E-state index in [0.29, 0.717) is 5.82 Å². The maximum absolute atomic E-state index is 14.2. The molecule has 6 heteroatoms. The molecule has 0 N–H and O–H groups in total. The van der Waals surface area contributed by atoms with E-state index < -0.39 is 5.82 Å². The second-order valence-corrected chi connectivity index (χ2v) is 4.81. The second kappa shape index (κ2) is 5.23. The Bertz CT molecular complexity index is 756. The molecule has 3 rings (SSSR count). The Hall–Kier alpha value is -1.91. The molecule has 20 heavy (non-hydrogen) atoms. The predicted molar refractivity (Wildman–Crippen MR) is 76.8 cm³/mol. The van der Waals surface area contributed by atoms with Crippen molar-refractivity contribution in [3.63, 3.8) is 0 Å². The summed E-state index contributed by atoms with van der Waals surface area (Å²) in [7, 11) is 0. The molecule has 0 saturated heterocycles. The molecule has 0 atom stereocenters. The number of hydrogen-bond donors (Lipinski definition) is 0. The molecule has 3 aromatic rings. The molecular formula is C14H8Cl2FN3. The predicted octanol–water partition coefficient (Wildman–Crippen LogP) is 4.38. The third kappa shape index (κ3) is 2.17. The third-order valence-corrected chi connectivity index (χ3v) is 3.36. The van der Waals surface area contributed by atoms with Crippen LogP contribution in [-0.2, 0) is 0 Å². The standard InChI is InChI=1S/C14H8Cl2FN3/c15-10-7-4-8-11(12(10)17)20-13(18-19-14(20)16)9-5-2-1-3-6-9/h1-8H. The van der Waals surface area contributed by atoms with E-state index >= 15 is 0 Å². The highest BCUT2D eigenvalue weighted by molar-refractivity contribution is 6.31. The Morgan fingerprint density at radius 1 is 0.900 bits per heavy atom. The molecule has 2 aromatic carbocycles. The molecule has 1 aromatic heterocycles. The van der Waals surface area contributed by atoms with Crippen molar-refractivity contribution in [2.45, 2.75) is 0 Å². The molecule has 3 nitrogen and oxygen atoms in total. The summed E-state index contributed by atoms with van der Waals surface area (Å²) in [6.45, 7) is 0. The molecule has 0 radical (unpaired) electrons. The summed E-state index contributed by atoms with van der Waals surface area (Å²) in [5, 5.41) is 7.91. The van der Waals surface area contributed by atoms with Gasteiger partial charge in [0.15, 0.2) is 11.6 Å². The van der Waals surface area contributed by atoms with Crippen molar-refractivity contribution >= 4 is 23.2 Å². The van der Waals surface area contributed by atoms with Gasteiger partial charge in [-0.1, -0.05) is 48.0 Å². The maximum Gasteiger partial charge on any atom is 0.230 e. The van der Waals surface area contributed by atoms with Crippen LogP contribution in [0.4, 0.5) is 4.39 Å². The van der Waals surface area contributed by atoms with Crippen LogP contribution in [0.25, 0.3) is 17.1 Å². The van der Waals surface area contributed by atoms with Gasteiger partial charge in [-0.05, 0) is 23.7 Å². The normalized spacial score (nSPS) is 10.8. The van der Waals surface area contributed by atoms with Gasteiger partial charge in [0.2, 0.25) is 5.28 Å². The number of halogens is 3. The maximum atomic E-state index is 14.2. The molecule has 0 aliphatic rings. The average Bonchev–Trinajstić information content (AvgIpc) is 2.85. The van der Waals surface area contributed by atoms with E-state index in [1.54, 1.807) is 12.1 Å². The minimum Gasteiger partial charge on any atom is -0.263 e. The van der Waals surface area contributed by atoms with Gasteiger partial charge in [-0.15, -0.1) is 10.2 Å². The molecule has 1 heterocycles. The van der Waals surface area contributed by atoms with Crippen molar-refractivity contribution in [3.8, 4) is 17.1 Å². The lowest BCUT2D eigenvalue weighted by atomic mass is 10.2. The smallest absolute Gasteiger partial charge is 0.230 e. The highest BCUT2D eigenvalue weighted by atomic mass is 35.5. The zero-order valence-corrected chi connectivity index (χ0v) is 11.6. The van der Waals surface area contributed by atoms with Crippen molar-refractivity contribution in [1.82, 2.24) is 14.8 Å². The summed E-state index contributed by atoms with van der Waals surface area (Å²) in [6, 6.07) is 14.0. The zero-order chi connectivity index (χ0) is 14.1. The van der Waals surface area contributed by atoms with E-state index in [2.05, 4.69) is 10.2 Å². The summed E-state index contributed by atoms with van der Waals surface area (Å²) in [5.41, 5.74) is 0.998. The fraction of sp³-hybridized carbons (Fsp3) is 0. The first-order valence-electron chi connectivity index (χ1n) is 5.79. The fourth-order valence-electron chi connectivity index (χ4n) is 1.92. The van der Waals surface area contributed by atoms with E-state index in [0.717, 1.165) is 5.56 Å². The summed E-state index contributed by atoms with van der Waals surface area (Å²) < 4.78 is 15.6. The molecular weight excluding hydrogens is 300 g/mol. The van der Waals surface area contributed by atoms with Crippen molar-refractivity contribution in [2.24, 2.45) is 0 Å². The number of aromatic nitrogens is 3. The van der Waals surface area contributed by atoms with E-state index in [1.807, 2.05) is 30.3 Å². The van der Waals surface area contributed by atoms with Gasteiger partial charge in [0.1, 0.15) is 0 Å². The van der Waals surface area contributed by atoms with Crippen LogP contribution in [0.1, 0.15) is 0 Å². The van der Waals surface area contributed by atoms with Crippen molar-refractivity contribution in [2.75, 3.05) is 0 Å². The molecule has 0 fully saturated rings. The summed E-state index contributed by atoms with van der Waals surface area (Å²) in [4.78, 5) is 0. The van der Waals surface area contributed by atoms with Gasteiger partial charge >= 0.3 is 0 Å². The molecule has 0 aliphatic carbocycles. The Labute approximate surface area is 124 Å². The molecule has 0 bridgehead atoms. The van der Waals surface area contributed by atoms with Crippen LogP contribution in [0.2, 0.25) is 10.3 Å². The van der Waals surface area contributed by atoms with Crippen LogP contribution in [0.3, 0.4) is 0 Å². The van der Waals surface area contributed by atoms with Crippen molar-refractivity contribution in [1.29, 1.82) is 0 Å². The Morgan fingerprint density at radius 3 is 2.40 bits per heavy atom. The fourth-order valence-corrected chi connectivity index (χ4v) is 2.30. The third-order valence-electron chi connectivity index (χ3n) is 2.83. The second-order valence-electron chi connectivity index (χ2n) is 4.07. The van der Waals surface area contributed by atoms with Crippen molar-refractivity contribution in [3.05, 3.63) is 64.7 Å². The SMILES string of the molecule is Fc1c(Cl)cccc1-n1c(Cl)nnc1-c1ccccc1. The monoisotopic (exact) mass is 307 g/mol. The Morgan fingerprint density at radius 2 is 1.65 bits per heavy atom.